The number of aromatic nitrogens is 3. The van der Waals surface area contributed by atoms with E-state index in [0.29, 0.717) is 0 Å². The van der Waals surface area contributed by atoms with Gasteiger partial charge in [0.1, 0.15) is 15.0 Å². The second kappa shape index (κ2) is 13.0. The molecule has 0 spiro atoms. The Hall–Kier alpha value is -2.19. The summed E-state index contributed by atoms with van der Waals surface area (Å²) in [6.45, 7) is 0. The van der Waals surface area contributed by atoms with Crippen molar-refractivity contribution < 1.29 is 94.6 Å². The molecule has 0 amide bonds. The Labute approximate surface area is 297 Å². The second-order valence-corrected chi connectivity index (χ2v) is 11.8. The van der Waals surface area contributed by atoms with Crippen LogP contribution in [0.5, 0.6) is 0 Å². The number of hydrogen-bond acceptors (Lipinski definition) is 13. The molecule has 14 nitrogen and oxygen atoms in total. The average Bonchev–Trinajstić information content (AvgIpc) is 2.87. The molecule has 210 valence electrons. The normalized spacial score (nSPS) is 12.4. The van der Waals surface area contributed by atoms with Crippen molar-refractivity contribution in [3.8, 4) is 0 Å². The van der Waals surface area contributed by atoms with Gasteiger partial charge in [0.05, 0.1) is 33.1 Å². The van der Waals surface area contributed by atoms with Gasteiger partial charge in [0.2, 0.25) is 16.5 Å². The maximum absolute atomic E-state index is 13.5. The molecule has 20 heteroatoms. The molecule has 0 saturated heterocycles. The fraction of sp³-hybridized carbons (Fsp3) is 0. The van der Waals surface area contributed by atoms with Gasteiger partial charge in [-0.2, -0.15) is 23.4 Å². The van der Waals surface area contributed by atoms with E-state index in [1.807, 2.05) is 0 Å². The number of hydrogen-bond donors (Lipinski definition) is 4. The molecule has 0 atom stereocenters. The van der Waals surface area contributed by atoms with Gasteiger partial charge in [0.15, 0.2) is 11.6 Å². The quantitative estimate of drug-likeness (QED) is 0.0804. The van der Waals surface area contributed by atoms with Crippen molar-refractivity contribution in [3.05, 3.63) is 81.4 Å². The van der Waals surface area contributed by atoms with E-state index in [4.69, 9.17) is 28.9 Å². The molecule has 3 aromatic carbocycles. The topological polar surface area (TPSA) is 234 Å². The third-order valence-corrected chi connectivity index (χ3v) is 7.94. The van der Waals surface area contributed by atoms with Crippen molar-refractivity contribution >= 4 is 83.7 Å². The van der Waals surface area contributed by atoms with Crippen LogP contribution < -0.4 is 75.5 Å². The molecule has 0 saturated carbocycles. The molecular formula is C23H13Cl2N6Na2O8S2+. The third-order valence-electron chi connectivity index (χ3n) is 5.84. The standard InChI is InChI=1S/C23H14Cl2N6O8S2.2Na/c24-21-29-22(25)31-23(30-21)28-12-6-5-9(7-14(12)40(34,35)36)27-13-8-15(41(37,38)39)18(26)17-16(13)19(32)10-3-1-2-4-11(10)20(17)33;;/h1-8,27H,26H2,(H,34,35,36)(H,37,38,39)(H,28,29,30,31);;/q;2*+1/p-1. The number of nitrogen functional groups attached to an aromatic ring is 1. The van der Waals surface area contributed by atoms with E-state index in [2.05, 4.69) is 25.6 Å². The van der Waals surface area contributed by atoms with Crippen LogP contribution in [-0.4, -0.2) is 52.5 Å². The molecule has 5 rings (SSSR count). The van der Waals surface area contributed by atoms with Crippen LogP contribution >= 0.6 is 23.2 Å². The second-order valence-electron chi connectivity index (χ2n) is 8.38. The predicted molar refractivity (Wildman–Crippen MR) is 145 cm³/mol. The van der Waals surface area contributed by atoms with E-state index in [-0.39, 0.29) is 109 Å². The summed E-state index contributed by atoms with van der Waals surface area (Å²) < 4.78 is 70.4. The SMILES string of the molecule is Nc1c(S(=O)(=O)[O-])cc(Nc2ccc(Nc3nc(Cl)nc(Cl)n3)c(S(=O)(=O)O)c2)c2c1C(=O)c1ccccc1C2=O.[Na+].[Na+]. The van der Waals surface area contributed by atoms with E-state index >= 15 is 0 Å². The Kier molecular flexibility index (Phi) is 10.7. The fourth-order valence-corrected chi connectivity index (χ4v) is 5.84. The van der Waals surface area contributed by atoms with Crippen molar-refractivity contribution in [2.75, 3.05) is 16.4 Å². The number of rotatable bonds is 6. The van der Waals surface area contributed by atoms with Gasteiger partial charge in [0.25, 0.3) is 10.1 Å². The van der Waals surface area contributed by atoms with E-state index in [0.717, 1.165) is 18.2 Å². The van der Waals surface area contributed by atoms with Crippen molar-refractivity contribution in [3.63, 3.8) is 0 Å². The van der Waals surface area contributed by atoms with E-state index in [1.54, 1.807) is 0 Å². The number of carbonyl (C=O) groups is 2. The minimum atomic E-state index is -5.24. The van der Waals surface area contributed by atoms with Crippen molar-refractivity contribution in [2.45, 2.75) is 9.79 Å². The molecule has 43 heavy (non-hydrogen) atoms. The van der Waals surface area contributed by atoms with Gasteiger partial charge in [-0.05, 0) is 47.5 Å². The van der Waals surface area contributed by atoms with Crippen LogP contribution in [0.2, 0.25) is 10.6 Å². The molecule has 1 aliphatic rings. The molecule has 0 aliphatic heterocycles. The molecule has 1 heterocycles. The molecule has 0 unspecified atom stereocenters. The Morgan fingerprint density at radius 2 is 1.33 bits per heavy atom. The van der Waals surface area contributed by atoms with Crippen molar-refractivity contribution in [1.29, 1.82) is 0 Å². The molecule has 1 aliphatic carbocycles. The van der Waals surface area contributed by atoms with Crippen LogP contribution in [0.15, 0.2) is 58.3 Å². The fourth-order valence-electron chi connectivity index (χ4n) is 4.17. The number of nitrogens with one attached hydrogen (secondary N) is 2. The zero-order chi connectivity index (χ0) is 29.9. The molecule has 0 radical (unpaired) electrons. The maximum atomic E-state index is 13.5. The number of carbonyl (C=O) groups excluding carboxylic acids is 2. The van der Waals surface area contributed by atoms with Gasteiger partial charge < -0.3 is 20.9 Å². The monoisotopic (exact) mass is 681 g/mol. The smallest absolute Gasteiger partial charge is 0.744 e. The first kappa shape index (κ1) is 35.3. The first-order valence-corrected chi connectivity index (χ1v) is 14.6. The minimum absolute atomic E-state index is 0. The summed E-state index contributed by atoms with van der Waals surface area (Å²) in [7, 11) is -10.2. The first-order valence-electron chi connectivity index (χ1n) is 11.0. The van der Waals surface area contributed by atoms with Gasteiger partial charge in [-0.3, -0.25) is 14.1 Å². The Balaban J connectivity index is 0.00000253. The van der Waals surface area contributed by atoms with Crippen LogP contribution in [0.1, 0.15) is 31.8 Å². The third kappa shape index (κ3) is 7.06. The Bertz CT molecular complexity index is 2030. The summed E-state index contributed by atoms with van der Waals surface area (Å²) in [5.41, 5.74) is 3.62. The number of halogens is 2. The van der Waals surface area contributed by atoms with Crippen LogP contribution in [0, 0.1) is 0 Å². The van der Waals surface area contributed by atoms with E-state index in [1.165, 1.54) is 30.3 Å². The minimum Gasteiger partial charge on any atom is -0.744 e. The molecule has 0 fully saturated rings. The van der Waals surface area contributed by atoms with Crippen LogP contribution in [0.3, 0.4) is 0 Å². The van der Waals surface area contributed by atoms with Gasteiger partial charge in [-0.15, -0.1) is 0 Å². The number of nitrogens with two attached hydrogens (primary N) is 1. The maximum Gasteiger partial charge on any atom is 1.00 e. The number of ketones is 2. The summed E-state index contributed by atoms with van der Waals surface area (Å²) >= 11 is 11.5. The average molecular weight is 682 g/mol. The molecule has 4 aromatic rings. The molecular weight excluding hydrogens is 669 g/mol. The number of fused-ring (bicyclic) bond motifs is 2. The molecule has 1 aromatic heterocycles. The van der Waals surface area contributed by atoms with Crippen molar-refractivity contribution in [2.24, 2.45) is 0 Å². The van der Waals surface area contributed by atoms with Crippen LogP contribution in [0.25, 0.3) is 0 Å². The predicted octanol–water partition coefficient (Wildman–Crippen LogP) is -2.82. The van der Waals surface area contributed by atoms with Crippen LogP contribution in [0.4, 0.5) is 28.7 Å². The van der Waals surface area contributed by atoms with E-state index in [9.17, 15) is 35.5 Å². The summed E-state index contributed by atoms with van der Waals surface area (Å²) in [6, 6.07) is 9.84. The summed E-state index contributed by atoms with van der Waals surface area (Å²) in [6.07, 6.45) is 0. The Morgan fingerprint density at radius 1 is 0.767 bits per heavy atom. The number of nitrogens with zero attached hydrogens (tertiary/aromatic N) is 3. The summed E-state index contributed by atoms with van der Waals surface area (Å²) in [4.78, 5) is 36.1. The van der Waals surface area contributed by atoms with Gasteiger partial charge in [-0.1, -0.05) is 24.3 Å². The molecule has 5 N–H and O–H groups in total. The van der Waals surface area contributed by atoms with E-state index < -0.39 is 52.8 Å². The summed E-state index contributed by atoms with van der Waals surface area (Å²) in [5.74, 6) is -1.77. The number of anilines is 5. The first-order chi connectivity index (χ1) is 19.1. The number of benzene rings is 3. The van der Waals surface area contributed by atoms with Gasteiger partial charge in [0, 0.05) is 16.8 Å². The van der Waals surface area contributed by atoms with Crippen LogP contribution in [-0.2, 0) is 20.2 Å². The zero-order valence-electron chi connectivity index (χ0n) is 21.9. The summed E-state index contributed by atoms with van der Waals surface area (Å²) in [5, 5.41) is 4.57. The van der Waals surface area contributed by atoms with Gasteiger partial charge in [-0.25, -0.2) is 8.42 Å². The zero-order valence-corrected chi connectivity index (χ0v) is 29.1. The van der Waals surface area contributed by atoms with Gasteiger partial charge >= 0.3 is 59.1 Å². The van der Waals surface area contributed by atoms with Crippen molar-refractivity contribution in [1.82, 2.24) is 15.0 Å². The Morgan fingerprint density at radius 3 is 1.86 bits per heavy atom. The largest absolute Gasteiger partial charge is 1.00 e. The molecule has 0 bridgehead atoms.